The minimum absolute atomic E-state index is 0.287. The summed E-state index contributed by atoms with van der Waals surface area (Å²) >= 11 is 1.58. The molecule has 2 heterocycles. The van der Waals surface area contributed by atoms with Gasteiger partial charge in [-0.25, -0.2) is 13.4 Å². The Bertz CT molecular complexity index is 1050. The van der Waals surface area contributed by atoms with Crippen LogP contribution in [0.4, 0.5) is 0 Å². The van der Waals surface area contributed by atoms with E-state index in [-0.39, 0.29) is 4.90 Å². The van der Waals surface area contributed by atoms with Crippen molar-refractivity contribution in [1.29, 1.82) is 0 Å². The van der Waals surface area contributed by atoms with Gasteiger partial charge in [0.2, 0.25) is 10.0 Å². The molecule has 3 aromatic rings. The lowest BCUT2D eigenvalue weighted by molar-refractivity contribution is 0.445. The first-order chi connectivity index (χ1) is 13.0. The third-order valence-electron chi connectivity index (χ3n) is 4.66. The summed E-state index contributed by atoms with van der Waals surface area (Å²) in [6.07, 6.45) is 4.14. The van der Waals surface area contributed by atoms with Crippen LogP contribution in [0.3, 0.4) is 0 Å². The van der Waals surface area contributed by atoms with Crippen molar-refractivity contribution < 1.29 is 8.42 Å². The first kappa shape index (κ1) is 18.5. The van der Waals surface area contributed by atoms with E-state index in [2.05, 4.69) is 24.7 Å². The quantitative estimate of drug-likeness (QED) is 0.578. The molecular weight excluding hydrogens is 384 g/mol. The molecule has 1 aliphatic rings. The Balaban J connectivity index is 1.55. The number of rotatable bonds is 8. The summed E-state index contributed by atoms with van der Waals surface area (Å²) < 4.78 is 29.0. The van der Waals surface area contributed by atoms with Crippen LogP contribution in [0.5, 0.6) is 0 Å². The van der Waals surface area contributed by atoms with Crippen LogP contribution < -0.4 is 0 Å². The number of H-pyrrole nitrogens is 1. The van der Waals surface area contributed by atoms with Crippen molar-refractivity contribution in [2.75, 3.05) is 13.1 Å². The highest BCUT2D eigenvalue weighted by atomic mass is 32.2. The molecule has 8 nitrogen and oxygen atoms in total. The minimum atomic E-state index is -3.48. The molecule has 1 N–H and O–H groups in total. The summed E-state index contributed by atoms with van der Waals surface area (Å²) in [6.45, 7) is 4.57. The van der Waals surface area contributed by atoms with Gasteiger partial charge in [0.15, 0.2) is 5.16 Å². The summed E-state index contributed by atoms with van der Waals surface area (Å²) in [5.41, 5.74) is 1.48. The molecule has 0 bridgehead atoms. The molecule has 2 aromatic heterocycles. The first-order valence-electron chi connectivity index (χ1n) is 9.04. The molecular formula is C17H22N6O2S2. The van der Waals surface area contributed by atoms with Crippen molar-refractivity contribution in [1.82, 2.24) is 29.0 Å². The van der Waals surface area contributed by atoms with E-state index in [1.165, 1.54) is 17.1 Å². The molecule has 0 aliphatic heterocycles. The fourth-order valence-corrected chi connectivity index (χ4v) is 5.39. The maximum atomic E-state index is 12.7. The molecule has 0 radical (unpaired) electrons. The van der Waals surface area contributed by atoms with Gasteiger partial charge in [-0.2, -0.15) is 4.31 Å². The summed E-state index contributed by atoms with van der Waals surface area (Å²) in [5, 5.41) is 9.07. The topological polar surface area (TPSA) is 96.8 Å². The number of nitrogens with zero attached hydrogens (tertiary/aromatic N) is 5. The number of aromatic amines is 1. The standard InChI is InChI=1S/C17H22N6O2S2/c1-3-22(4-2)27(24,25)13-7-8-14-15(9-13)20-16(19-14)10-26-17-21-18-11-23(17)12-5-6-12/h7-9,11-12H,3-6,10H2,1-2H3,(H,19,20). The number of imidazole rings is 1. The van der Waals surface area contributed by atoms with E-state index in [0.717, 1.165) is 22.0 Å². The molecule has 0 atom stereocenters. The number of hydrogen-bond acceptors (Lipinski definition) is 6. The second-order valence-electron chi connectivity index (χ2n) is 6.49. The lowest BCUT2D eigenvalue weighted by Gasteiger charge is -2.18. The number of fused-ring (bicyclic) bond motifs is 1. The van der Waals surface area contributed by atoms with Gasteiger partial charge in [0.25, 0.3) is 0 Å². The van der Waals surface area contributed by atoms with E-state index in [1.807, 2.05) is 13.8 Å². The van der Waals surface area contributed by atoms with Gasteiger partial charge in [0.1, 0.15) is 12.2 Å². The smallest absolute Gasteiger partial charge is 0.243 e. The fourth-order valence-electron chi connectivity index (χ4n) is 3.05. The monoisotopic (exact) mass is 406 g/mol. The first-order valence-corrected chi connectivity index (χ1v) is 11.5. The number of sulfonamides is 1. The average molecular weight is 407 g/mol. The van der Waals surface area contributed by atoms with Crippen molar-refractivity contribution in [3.8, 4) is 0 Å². The van der Waals surface area contributed by atoms with E-state index < -0.39 is 10.0 Å². The largest absolute Gasteiger partial charge is 0.341 e. The van der Waals surface area contributed by atoms with Crippen molar-refractivity contribution in [2.45, 2.75) is 48.5 Å². The lowest BCUT2D eigenvalue weighted by atomic mass is 10.3. The van der Waals surface area contributed by atoms with Gasteiger partial charge < -0.3 is 9.55 Å². The number of aromatic nitrogens is 5. The number of nitrogens with one attached hydrogen (secondary N) is 1. The molecule has 1 fully saturated rings. The molecule has 1 saturated carbocycles. The highest BCUT2D eigenvalue weighted by Gasteiger charge is 2.26. The van der Waals surface area contributed by atoms with Crippen LogP contribution in [0.2, 0.25) is 0 Å². The summed E-state index contributed by atoms with van der Waals surface area (Å²) in [4.78, 5) is 8.09. The Labute approximate surface area is 162 Å². The SMILES string of the molecule is CCN(CC)S(=O)(=O)c1ccc2nc(CSc3nncn3C3CC3)[nH]c2c1. The third kappa shape index (κ3) is 3.61. The van der Waals surface area contributed by atoms with Gasteiger partial charge in [0, 0.05) is 19.1 Å². The van der Waals surface area contributed by atoms with Crippen LogP contribution >= 0.6 is 11.8 Å². The van der Waals surface area contributed by atoms with Crippen molar-refractivity contribution in [3.05, 3.63) is 30.4 Å². The zero-order valence-corrected chi connectivity index (χ0v) is 16.9. The van der Waals surface area contributed by atoms with Crippen molar-refractivity contribution in [3.63, 3.8) is 0 Å². The van der Waals surface area contributed by atoms with Crippen LogP contribution in [-0.4, -0.2) is 50.5 Å². The van der Waals surface area contributed by atoms with E-state index in [4.69, 9.17) is 0 Å². The molecule has 0 amide bonds. The minimum Gasteiger partial charge on any atom is -0.341 e. The fraction of sp³-hybridized carbons (Fsp3) is 0.471. The highest BCUT2D eigenvalue weighted by Crippen LogP contribution is 2.37. The van der Waals surface area contributed by atoms with Crippen molar-refractivity contribution >= 4 is 32.8 Å². The Kier molecular flexibility index (Phi) is 4.95. The van der Waals surface area contributed by atoms with Gasteiger partial charge in [-0.1, -0.05) is 25.6 Å². The van der Waals surface area contributed by atoms with Crippen LogP contribution in [0.1, 0.15) is 38.6 Å². The molecule has 27 heavy (non-hydrogen) atoms. The molecule has 144 valence electrons. The molecule has 1 aromatic carbocycles. The van der Waals surface area contributed by atoms with Gasteiger partial charge in [-0.3, -0.25) is 0 Å². The van der Waals surface area contributed by atoms with Gasteiger partial charge in [0.05, 0.1) is 21.7 Å². The molecule has 10 heteroatoms. The Morgan fingerprint density at radius 2 is 2.07 bits per heavy atom. The Morgan fingerprint density at radius 3 is 2.78 bits per heavy atom. The zero-order chi connectivity index (χ0) is 19.0. The predicted molar refractivity (Wildman–Crippen MR) is 104 cm³/mol. The summed E-state index contributed by atoms with van der Waals surface area (Å²) in [7, 11) is -3.48. The maximum Gasteiger partial charge on any atom is 0.243 e. The average Bonchev–Trinajstić information content (AvgIpc) is 3.24. The number of thioether (sulfide) groups is 1. The molecule has 0 unspecified atom stereocenters. The van der Waals surface area contributed by atoms with Crippen LogP contribution in [0.15, 0.2) is 34.6 Å². The second-order valence-corrected chi connectivity index (χ2v) is 9.37. The van der Waals surface area contributed by atoms with Crippen LogP contribution in [0.25, 0.3) is 11.0 Å². The van der Waals surface area contributed by atoms with E-state index in [0.29, 0.717) is 24.9 Å². The third-order valence-corrected chi connectivity index (χ3v) is 7.68. The van der Waals surface area contributed by atoms with Gasteiger partial charge in [-0.15, -0.1) is 10.2 Å². The van der Waals surface area contributed by atoms with Gasteiger partial charge in [-0.05, 0) is 31.0 Å². The normalized spacial score (nSPS) is 15.1. The zero-order valence-electron chi connectivity index (χ0n) is 15.3. The summed E-state index contributed by atoms with van der Waals surface area (Å²) in [6, 6.07) is 5.57. The Morgan fingerprint density at radius 1 is 1.30 bits per heavy atom. The van der Waals surface area contributed by atoms with Crippen molar-refractivity contribution in [2.24, 2.45) is 0 Å². The van der Waals surface area contributed by atoms with Crippen LogP contribution in [0, 0.1) is 0 Å². The van der Waals surface area contributed by atoms with E-state index in [1.54, 1.807) is 36.3 Å². The Hall–Kier alpha value is -1.91. The van der Waals surface area contributed by atoms with Crippen LogP contribution in [-0.2, 0) is 15.8 Å². The number of hydrogen-bond donors (Lipinski definition) is 1. The second kappa shape index (κ2) is 7.25. The highest BCUT2D eigenvalue weighted by molar-refractivity contribution is 7.98. The van der Waals surface area contributed by atoms with Gasteiger partial charge >= 0.3 is 0 Å². The maximum absolute atomic E-state index is 12.7. The molecule has 4 rings (SSSR count). The van der Waals surface area contributed by atoms with E-state index in [9.17, 15) is 8.42 Å². The number of benzene rings is 1. The van der Waals surface area contributed by atoms with E-state index >= 15 is 0 Å². The molecule has 1 aliphatic carbocycles. The summed E-state index contributed by atoms with van der Waals surface area (Å²) in [5.74, 6) is 1.41. The molecule has 0 saturated heterocycles. The predicted octanol–water partition coefficient (Wildman–Crippen LogP) is 2.81. The molecule has 0 spiro atoms. The lowest BCUT2D eigenvalue weighted by Crippen LogP contribution is -2.30.